The van der Waals surface area contributed by atoms with Crippen molar-refractivity contribution < 1.29 is 36.6 Å². The van der Waals surface area contributed by atoms with Crippen molar-refractivity contribution in [2.24, 2.45) is 14.1 Å². The van der Waals surface area contributed by atoms with E-state index < -0.39 is 28.8 Å². The highest BCUT2D eigenvalue weighted by Crippen LogP contribution is 2.27. The van der Waals surface area contributed by atoms with Gasteiger partial charge in [0.05, 0.1) is 34.8 Å². The number of piperidine rings is 2. The first-order chi connectivity index (χ1) is 26.2. The number of nitrogens with zero attached hydrogens (tertiary/aromatic N) is 7. The van der Waals surface area contributed by atoms with E-state index in [0.717, 1.165) is 12.1 Å². The van der Waals surface area contributed by atoms with Crippen molar-refractivity contribution in [2.75, 3.05) is 26.2 Å². The van der Waals surface area contributed by atoms with Crippen molar-refractivity contribution in [3.8, 4) is 17.6 Å². The summed E-state index contributed by atoms with van der Waals surface area (Å²) < 4.78 is 67.3. The summed E-state index contributed by atoms with van der Waals surface area (Å²) in [5.74, 6) is -4.42. The number of carbonyl (C=O) groups is 2. The number of likely N-dealkylation sites (tertiary alicyclic amines) is 2. The number of hydrogen-bond donors (Lipinski definition) is 0. The number of halogens is 5. The second-order valence-electron chi connectivity index (χ2n) is 12.9. The first-order valence-corrected chi connectivity index (χ1v) is 17.6. The summed E-state index contributed by atoms with van der Waals surface area (Å²) in [6, 6.07) is 11.7. The Balaban J connectivity index is 0.000000211. The highest BCUT2D eigenvalue weighted by Gasteiger charge is 2.26. The molecule has 0 unspecified atom stereocenters. The molecule has 55 heavy (non-hydrogen) atoms. The third-order valence-corrected chi connectivity index (χ3v) is 9.25. The molecule has 0 bridgehead atoms. The molecule has 290 valence electrons. The minimum Gasteiger partial charge on any atom is -0.490 e. The van der Waals surface area contributed by atoms with E-state index in [9.17, 15) is 36.7 Å². The van der Waals surface area contributed by atoms with Crippen LogP contribution in [0.4, 0.5) is 17.6 Å². The van der Waals surface area contributed by atoms with Gasteiger partial charge in [0.1, 0.15) is 29.8 Å². The summed E-state index contributed by atoms with van der Waals surface area (Å²) in [7, 11) is 3.05. The smallest absolute Gasteiger partial charge is 0.266 e. The number of ether oxygens (including phenoxy) is 2. The predicted octanol–water partition coefficient (Wildman–Crippen LogP) is 3.87. The van der Waals surface area contributed by atoms with Crippen LogP contribution in [-0.4, -0.2) is 79.6 Å². The summed E-state index contributed by atoms with van der Waals surface area (Å²) >= 11 is 5.62. The van der Waals surface area contributed by atoms with Gasteiger partial charge in [-0.25, -0.2) is 26.9 Å². The van der Waals surface area contributed by atoms with E-state index in [1.54, 1.807) is 21.9 Å². The normalized spacial score (nSPS) is 14.8. The fraction of sp³-hybridized carbons (Fsp3) is 0.378. The van der Waals surface area contributed by atoms with Crippen molar-refractivity contribution in [1.82, 2.24) is 29.4 Å². The molecule has 0 aliphatic carbocycles. The second-order valence-corrected chi connectivity index (χ2v) is 13.3. The van der Waals surface area contributed by atoms with Crippen LogP contribution in [0.15, 0.2) is 58.1 Å². The van der Waals surface area contributed by atoms with Crippen LogP contribution in [-0.2, 0) is 36.5 Å². The molecule has 4 heterocycles. The Hall–Kier alpha value is -5.76. The van der Waals surface area contributed by atoms with Crippen LogP contribution in [0.3, 0.4) is 0 Å². The lowest BCUT2D eigenvalue weighted by atomic mass is 10.1. The molecular formula is C37H36ClF4N7O6. The molecule has 2 aromatic heterocycles. The zero-order chi connectivity index (χ0) is 39.8. The van der Waals surface area contributed by atoms with Crippen molar-refractivity contribution in [1.29, 1.82) is 5.26 Å². The number of rotatable bonds is 8. The van der Waals surface area contributed by atoms with Crippen molar-refractivity contribution in [3.05, 3.63) is 114 Å². The van der Waals surface area contributed by atoms with Gasteiger partial charge in [-0.1, -0.05) is 11.6 Å². The summed E-state index contributed by atoms with van der Waals surface area (Å²) in [6.07, 6.45) is 1.88. The van der Waals surface area contributed by atoms with Crippen molar-refractivity contribution in [3.63, 3.8) is 0 Å². The maximum absolute atomic E-state index is 13.5. The van der Waals surface area contributed by atoms with Gasteiger partial charge >= 0.3 is 0 Å². The van der Waals surface area contributed by atoms with Gasteiger partial charge in [0.15, 0.2) is 23.3 Å². The van der Waals surface area contributed by atoms with E-state index in [4.69, 9.17) is 26.3 Å². The van der Waals surface area contributed by atoms with Crippen LogP contribution in [0.5, 0.6) is 11.5 Å². The highest BCUT2D eigenvalue weighted by molar-refractivity contribution is 6.30. The fourth-order valence-electron chi connectivity index (χ4n) is 5.97. The summed E-state index contributed by atoms with van der Waals surface area (Å²) in [4.78, 5) is 50.9. The Kier molecular flexibility index (Phi) is 13.3. The molecule has 0 radical (unpaired) electrons. The molecule has 2 amide bonds. The molecule has 2 aliphatic rings. The Morgan fingerprint density at radius 1 is 0.727 bits per heavy atom. The second kappa shape index (κ2) is 18.0. The van der Waals surface area contributed by atoms with E-state index in [1.165, 1.54) is 53.8 Å². The van der Waals surface area contributed by atoms with E-state index >= 15 is 0 Å². The number of aromatic nitrogens is 4. The summed E-state index contributed by atoms with van der Waals surface area (Å²) in [5, 5.41) is 16.6. The summed E-state index contributed by atoms with van der Waals surface area (Å²) in [6.45, 7) is 1.85. The largest absolute Gasteiger partial charge is 0.490 e. The number of benzene rings is 2. The quantitative estimate of drug-likeness (QED) is 0.192. The molecule has 0 saturated carbocycles. The topological polar surface area (TPSA) is 153 Å². The Morgan fingerprint density at radius 3 is 1.55 bits per heavy atom. The van der Waals surface area contributed by atoms with E-state index in [1.807, 2.05) is 0 Å². The minimum absolute atomic E-state index is 0.0875. The Bertz CT molecular complexity index is 2190. The van der Waals surface area contributed by atoms with Crippen molar-refractivity contribution >= 4 is 23.4 Å². The molecule has 0 atom stereocenters. The number of aryl methyl sites for hydroxylation is 2. The molecule has 2 aromatic carbocycles. The monoisotopic (exact) mass is 785 g/mol. The van der Waals surface area contributed by atoms with Crippen molar-refractivity contribution in [2.45, 2.75) is 50.7 Å². The Labute approximate surface area is 317 Å². The average Bonchev–Trinajstić information content (AvgIpc) is 3.16. The predicted molar refractivity (Wildman–Crippen MR) is 189 cm³/mol. The summed E-state index contributed by atoms with van der Waals surface area (Å²) in [5.41, 5.74) is 0.146. The van der Waals surface area contributed by atoms with Crippen LogP contribution >= 0.6 is 11.6 Å². The molecule has 4 aromatic rings. The Morgan fingerprint density at radius 2 is 1.15 bits per heavy atom. The van der Waals surface area contributed by atoms with Gasteiger partial charge in [0, 0.05) is 102 Å². The van der Waals surface area contributed by atoms with Crippen LogP contribution in [0, 0.1) is 34.6 Å². The minimum atomic E-state index is -1.19. The molecule has 2 fully saturated rings. The van der Waals surface area contributed by atoms with Gasteiger partial charge in [-0.2, -0.15) is 15.5 Å². The van der Waals surface area contributed by atoms with E-state index in [0.29, 0.717) is 63.3 Å². The maximum Gasteiger partial charge on any atom is 0.266 e. The molecule has 18 heteroatoms. The molecule has 0 spiro atoms. The van der Waals surface area contributed by atoms with Gasteiger partial charge < -0.3 is 19.3 Å². The van der Waals surface area contributed by atoms with Gasteiger partial charge in [0.25, 0.3) is 11.1 Å². The molecule has 2 saturated heterocycles. The molecule has 13 nitrogen and oxygen atoms in total. The lowest BCUT2D eigenvalue weighted by Gasteiger charge is -2.32. The number of nitriles is 1. The van der Waals surface area contributed by atoms with E-state index in [-0.39, 0.29) is 64.5 Å². The SMILES string of the molecule is Cn1nc(CC(=O)N2CCC(Oc3cc(F)c(F)c(C#N)c3)CC2)ccc1=O.Cn1nc(CC(=O)N2CCC(Oc3cc(F)c(F)c(Cl)c3)CC2)ccc1=O. The number of carbonyl (C=O) groups excluding carboxylic acids is 2. The standard InChI is InChI=1S/C19H18F2N4O3.C18H18ClF2N3O3/c1-24-17(26)3-2-13(23-24)9-18(27)25-6-4-14(5-7-25)28-15-8-12(11-22)19(21)16(20)10-15;1-23-16(25)3-2-11(22-23)8-17(26)24-6-4-12(5-7-24)27-13-9-14(19)18(21)15(20)10-13/h2-3,8,10,14H,4-7,9H2,1H3;2-3,9-10,12H,4-8H2,1H3. The van der Waals surface area contributed by atoms with Crippen LogP contribution in [0.25, 0.3) is 0 Å². The molecule has 6 rings (SSSR count). The molecule has 2 aliphatic heterocycles. The van der Waals surface area contributed by atoms with Crippen LogP contribution in [0.1, 0.15) is 42.6 Å². The van der Waals surface area contributed by atoms with Crippen LogP contribution in [0.2, 0.25) is 5.02 Å². The van der Waals surface area contributed by atoms with Gasteiger partial charge in [-0.15, -0.1) is 0 Å². The first kappa shape index (κ1) is 40.4. The first-order valence-electron chi connectivity index (χ1n) is 17.2. The van der Waals surface area contributed by atoms with Gasteiger partial charge in [-0.3, -0.25) is 19.2 Å². The van der Waals surface area contributed by atoms with Crippen LogP contribution < -0.4 is 20.6 Å². The average molecular weight is 786 g/mol. The zero-order valence-electron chi connectivity index (χ0n) is 29.8. The molecule has 0 N–H and O–H groups in total. The third kappa shape index (κ3) is 10.7. The third-order valence-electron chi connectivity index (χ3n) is 8.97. The number of hydrogen-bond acceptors (Lipinski definition) is 9. The lowest BCUT2D eigenvalue weighted by molar-refractivity contribution is -0.133. The fourth-order valence-corrected chi connectivity index (χ4v) is 6.17. The maximum atomic E-state index is 13.5. The number of amides is 2. The van der Waals surface area contributed by atoms with Gasteiger partial charge in [0.2, 0.25) is 11.8 Å². The molecular weight excluding hydrogens is 750 g/mol. The highest BCUT2D eigenvalue weighted by atomic mass is 35.5. The van der Waals surface area contributed by atoms with Gasteiger partial charge in [-0.05, 0) is 12.1 Å². The zero-order valence-corrected chi connectivity index (χ0v) is 30.6. The van der Waals surface area contributed by atoms with E-state index in [2.05, 4.69) is 10.2 Å². The lowest BCUT2D eigenvalue weighted by Crippen LogP contribution is -2.42.